The van der Waals surface area contributed by atoms with Gasteiger partial charge in [-0.3, -0.25) is 0 Å². The number of methoxy groups -OCH3 is 1. The van der Waals surface area contributed by atoms with Crippen LogP contribution in [0.4, 0.5) is 5.13 Å². The van der Waals surface area contributed by atoms with E-state index in [2.05, 4.69) is 4.98 Å². The molecule has 2 aromatic carbocycles. The molecular formula is C14H12N2OS. The number of nitrogens with zero attached hydrogens (tertiary/aromatic N) is 1. The van der Waals surface area contributed by atoms with Crippen LogP contribution >= 0.6 is 11.3 Å². The van der Waals surface area contributed by atoms with E-state index >= 15 is 0 Å². The summed E-state index contributed by atoms with van der Waals surface area (Å²) in [6.07, 6.45) is 0. The molecule has 0 atom stereocenters. The van der Waals surface area contributed by atoms with Crippen molar-refractivity contribution in [2.75, 3.05) is 12.8 Å². The maximum Gasteiger partial charge on any atom is 0.181 e. The third kappa shape index (κ3) is 1.71. The summed E-state index contributed by atoms with van der Waals surface area (Å²) < 4.78 is 6.52. The van der Waals surface area contributed by atoms with Crippen LogP contribution in [0.3, 0.4) is 0 Å². The van der Waals surface area contributed by atoms with Gasteiger partial charge in [0.05, 0.1) is 22.9 Å². The number of thiazole rings is 1. The smallest absolute Gasteiger partial charge is 0.181 e. The van der Waals surface area contributed by atoms with Gasteiger partial charge < -0.3 is 10.5 Å². The van der Waals surface area contributed by atoms with Crippen molar-refractivity contribution in [1.29, 1.82) is 0 Å². The Morgan fingerprint density at radius 3 is 2.61 bits per heavy atom. The Kier molecular flexibility index (Phi) is 2.64. The summed E-state index contributed by atoms with van der Waals surface area (Å²) in [5.41, 5.74) is 8.79. The van der Waals surface area contributed by atoms with Crippen LogP contribution in [-0.2, 0) is 0 Å². The fourth-order valence-corrected chi connectivity index (χ4v) is 2.79. The third-order valence-electron chi connectivity index (χ3n) is 2.82. The molecule has 90 valence electrons. The number of fused-ring (bicyclic) bond motifs is 1. The lowest BCUT2D eigenvalue weighted by molar-refractivity contribution is 0.417. The Morgan fingerprint density at radius 1 is 1.11 bits per heavy atom. The topological polar surface area (TPSA) is 48.1 Å². The molecular weight excluding hydrogens is 244 g/mol. The van der Waals surface area contributed by atoms with Gasteiger partial charge in [0.25, 0.3) is 0 Å². The van der Waals surface area contributed by atoms with E-state index in [9.17, 15) is 0 Å². The molecule has 0 saturated heterocycles. The Morgan fingerprint density at radius 2 is 1.89 bits per heavy atom. The molecule has 0 aliphatic rings. The Hall–Kier alpha value is -2.07. The molecule has 0 aliphatic carbocycles. The van der Waals surface area contributed by atoms with Gasteiger partial charge in [0, 0.05) is 0 Å². The number of hydrogen-bond donors (Lipinski definition) is 1. The lowest BCUT2D eigenvalue weighted by Crippen LogP contribution is -1.89. The van der Waals surface area contributed by atoms with Gasteiger partial charge in [0.1, 0.15) is 5.75 Å². The summed E-state index contributed by atoms with van der Waals surface area (Å²) in [5.74, 6) is 0.819. The van der Waals surface area contributed by atoms with E-state index < -0.39 is 0 Å². The van der Waals surface area contributed by atoms with Crippen molar-refractivity contribution in [2.24, 2.45) is 0 Å². The van der Waals surface area contributed by atoms with Crippen LogP contribution in [0.25, 0.3) is 21.3 Å². The average Bonchev–Trinajstić information content (AvgIpc) is 2.78. The van der Waals surface area contributed by atoms with Crippen LogP contribution in [0, 0.1) is 0 Å². The molecule has 1 aromatic heterocycles. The van der Waals surface area contributed by atoms with Gasteiger partial charge in [-0.2, -0.15) is 0 Å². The maximum absolute atomic E-state index is 5.80. The number of nitrogen functional groups attached to an aromatic ring is 1. The highest BCUT2D eigenvalue weighted by Crippen LogP contribution is 2.39. The van der Waals surface area contributed by atoms with E-state index in [1.54, 1.807) is 7.11 Å². The third-order valence-corrected chi connectivity index (χ3v) is 3.67. The lowest BCUT2D eigenvalue weighted by Gasteiger charge is -2.09. The summed E-state index contributed by atoms with van der Waals surface area (Å²) in [5, 5.41) is 0.579. The molecule has 0 fully saturated rings. The molecule has 0 saturated carbocycles. The second-order valence-electron chi connectivity index (χ2n) is 3.91. The standard InChI is InChI=1S/C14H12N2OS/c1-17-10-7-8-11-13(16-14(15)18-11)12(10)9-5-3-2-4-6-9/h2-8H,1H3,(H2,15,16). The highest BCUT2D eigenvalue weighted by atomic mass is 32.1. The summed E-state index contributed by atoms with van der Waals surface area (Å²) in [6.45, 7) is 0. The molecule has 0 amide bonds. The van der Waals surface area contributed by atoms with E-state index in [1.807, 2.05) is 42.5 Å². The molecule has 3 aromatic rings. The predicted octanol–water partition coefficient (Wildman–Crippen LogP) is 3.55. The van der Waals surface area contributed by atoms with Gasteiger partial charge in [-0.05, 0) is 17.7 Å². The lowest BCUT2D eigenvalue weighted by atomic mass is 10.0. The molecule has 3 rings (SSSR count). The van der Waals surface area contributed by atoms with Gasteiger partial charge >= 0.3 is 0 Å². The van der Waals surface area contributed by atoms with Gasteiger partial charge in [-0.25, -0.2) is 4.98 Å². The first-order valence-electron chi connectivity index (χ1n) is 5.58. The molecule has 0 radical (unpaired) electrons. The zero-order valence-electron chi connectivity index (χ0n) is 9.88. The van der Waals surface area contributed by atoms with Gasteiger partial charge in [0.2, 0.25) is 0 Å². The van der Waals surface area contributed by atoms with Crippen LogP contribution in [-0.4, -0.2) is 12.1 Å². The molecule has 3 nitrogen and oxygen atoms in total. The second-order valence-corrected chi connectivity index (χ2v) is 4.97. The number of aromatic nitrogens is 1. The minimum atomic E-state index is 0.579. The fraction of sp³-hybridized carbons (Fsp3) is 0.0714. The van der Waals surface area contributed by atoms with Gasteiger partial charge in [-0.15, -0.1) is 0 Å². The first kappa shape index (κ1) is 11.0. The van der Waals surface area contributed by atoms with E-state index in [0.29, 0.717) is 5.13 Å². The summed E-state index contributed by atoms with van der Waals surface area (Å²) >= 11 is 1.49. The van der Waals surface area contributed by atoms with E-state index in [-0.39, 0.29) is 0 Å². The number of ether oxygens (including phenoxy) is 1. The second kappa shape index (κ2) is 4.31. The Balaban J connectivity index is 2.37. The highest BCUT2D eigenvalue weighted by molar-refractivity contribution is 7.22. The van der Waals surface area contributed by atoms with Gasteiger partial charge in [-0.1, -0.05) is 41.7 Å². The SMILES string of the molecule is COc1ccc2sc(N)nc2c1-c1ccccc1. The first-order valence-corrected chi connectivity index (χ1v) is 6.39. The molecule has 4 heteroatoms. The number of anilines is 1. The number of benzene rings is 2. The predicted molar refractivity (Wildman–Crippen MR) is 76.0 cm³/mol. The summed E-state index contributed by atoms with van der Waals surface area (Å²) in [4.78, 5) is 4.41. The van der Waals surface area contributed by atoms with Gasteiger partial charge in [0.15, 0.2) is 5.13 Å². The van der Waals surface area contributed by atoms with Crippen molar-refractivity contribution in [1.82, 2.24) is 4.98 Å². The van der Waals surface area contributed by atoms with Crippen LogP contribution in [0.1, 0.15) is 0 Å². The molecule has 0 unspecified atom stereocenters. The van der Waals surface area contributed by atoms with Crippen molar-refractivity contribution < 1.29 is 4.74 Å². The van der Waals surface area contributed by atoms with Crippen molar-refractivity contribution in [3.8, 4) is 16.9 Å². The molecule has 0 bridgehead atoms. The van der Waals surface area contributed by atoms with Crippen LogP contribution in [0.15, 0.2) is 42.5 Å². The number of rotatable bonds is 2. The normalized spacial score (nSPS) is 10.7. The van der Waals surface area contributed by atoms with Crippen molar-refractivity contribution in [3.05, 3.63) is 42.5 Å². The summed E-state index contributed by atoms with van der Waals surface area (Å²) in [7, 11) is 1.67. The zero-order chi connectivity index (χ0) is 12.5. The zero-order valence-corrected chi connectivity index (χ0v) is 10.7. The monoisotopic (exact) mass is 256 g/mol. The van der Waals surface area contributed by atoms with Crippen LogP contribution in [0.2, 0.25) is 0 Å². The molecule has 18 heavy (non-hydrogen) atoms. The van der Waals surface area contributed by atoms with E-state index in [4.69, 9.17) is 10.5 Å². The highest BCUT2D eigenvalue weighted by Gasteiger charge is 2.13. The minimum Gasteiger partial charge on any atom is -0.496 e. The van der Waals surface area contributed by atoms with Crippen molar-refractivity contribution in [2.45, 2.75) is 0 Å². The average molecular weight is 256 g/mol. The van der Waals surface area contributed by atoms with Crippen LogP contribution < -0.4 is 10.5 Å². The number of hydrogen-bond acceptors (Lipinski definition) is 4. The Labute approximate surface area is 109 Å². The van der Waals surface area contributed by atoms with Crippen molar-refractivity contribution in [3.63, 3.8) is 0 Å². The van der Waals surface area contributed by atoms with E-state index in [0.717, 1.165) is 27.1 Å². The Bertz CT molecular complexity index is 692. The van der Waals surface area contributed by atoms with E-state index in [1.165, 1.54) is 11.3 Å². The molecule has 1 heterocycles. The number of nitrogens with two attached hydrogens (primary N) is 1. The maximum atomic E-state index is 5.80. The molecule has 0 spiro atoms. The largest absolute Gasteiger partial charge is 0.496 e. The van der Waals surface area contributed by atoms with Crippen molar-refractivity contribution >= 4 is 26.7 Å². The minimum absolute atomic E-state index is 0.579. The van der Waals surface area contributed by atoms with Crippen LogP contribution in [0.5, 0.6) is 5.75 Å². The quantitative estimate of drug-likeness (QED) is 0.762. The fourth-order valence-electron chi connectivity index (χ4n) is 2.05. The molecule has 0 aliphatic heterocycles. The summed E-state index contributed by atoms with van der Waals surface area (Å²) in [6, 6.07) is 14.1. The molecule has 2 N–H and O–H groups in total. The first-order chi connectivity index (χ1) is 8.79.